The van der Waals surface area contributed by atoms with E-state index < -0.39 is 0 Å². The van der Waals surface area contributed by atoms with Crippen LogP contribution in [-0.4, -0.2) is 11.0 Å². The summed E-state index contributed by atoms with van der Waals surface area (Å²) < 4.78 is 0. The molecule has 21 heavy (non-hydrogen) atoms. The molecule has 0 saturated heterocycles. The number of hydrogen-bond acceptors (Lipinski definition) is 1. The van der Waals surface area contributed by atoms with E-state index in [9.17, 15) is 0 Å². The fraction of sp³-hybridized carbons (Fsp3) is 1.00. The second-order valence-corrected chi connectivity index (χ2v) is 8.37. The number of rotatable bonds is 17. The highest BCUT2D eigenvalue weighted by atomic mass is 32.2. The third kappa shape index (κ3) is 18.3. The predicted molar refractivity (Wildman–Crippen MR) is 103 cm³/mol. The van der Waals surface area contributed by atoms with Gasteiger partial charge in [-0.25, -0.2) is 0 Å². The van der Waals surface area contributed by atoms with Crippen molar-refractivity contribution in [2.75, 3.05) is 5.75 Å². The normalized spacial score (nSPS) is 12.7. The molecule has 1 unspecified atom stereocenters. The fourth-order valence-electron chi connectivity index (χ4n) is 2.99. The largest absolute Gasteiger partial charge is 0.159 e. The van der Waals surface area contributed by atoms with Crippen LogP contribution in [0.1, 0.15) is 117 Å². The Morgan fingerprint density at radius 3 is 1.33 bits per heavy atom. The summed E-state index contributed by atoms with van der Waals surface area (Å²) >= 11 is 2.12. The first-order valence-electron chi connectivity index (χ1n) is 9.92. The lowest BCUT2D eigenvalue weighted by Gasteiger charge is -2.09. The lowest BCUT2D eigenvalue weighted by Crippen LogP contribution is -1.96. The molecule has 1 heteroatoms. The molecule has 0 heterocycles. The van der Waals surface area contributed by atoms with E-state index in [1.54, 1.807) is 0 Å². The molecule has 0 bridgehead atoms. The van der Waals surface area contributed by atoms with E-state index in [0.29, 0.717) is 0 Å². The third-order valence-corrected chi connectivity index (χ3v) is 5.55. The standard InChI is InChI=1S/C20H42S/c1-4-6-7-8-9-10-11-12-13-14-15-16-17-18-19-20(3)21-5-2/h20H,4-19H2,1-3H3. The zero-order valence-electron chi connectivity index (χ0n) is 15.3. The molecule has 0 spiro atoms. The summed E-state index contributed by atoms with van der Waals surface area (Å²) in [5.41, 5.74) is 0. The van der Waals surface area contributed by atoms with Crippen molar-refractivity contribution in [2.24, 2.45) is 0 Å². The summed E-state index contributed by atoms with van der Waals surface area (Å²) in [5, 5.41) is 0.882. The van der Waals surface area contributed by atoms with E-state index in [-0.39, 0.29) is 0 Å². The Labute approximate surface area is 140 Å². The van der Waals surface area contributed by atoms with E-state index in [4.69, 9.17) is 0 Å². The second-order valence-electron chi connectivity index (χ2n) is 6.65. The van der Waals surface area contributed by atoms with Crippen LogP contribution in [0.5, 0.6) is 0 Å². The minimum Gasteiger partial charge on any atom is -0.159 e. The van der Waals surface area contributed by atoms with Gasteiger partial charge in [0.1, 0.15) is 0 Å². The summed E-state index contributed by atoms with van der Waals surface area (Å²) in [6.45, 7) is 6.95. The summed E-state index contributed by atoms with van der Waals surface area (Å²) in [7, 11) is 0. The molecule has 0 radical (unpaired) electrons. The third-order valence-electron chi connectivity index (χ3n) is 4.42. The molecule has 0 N–H and O–H groups in total. The predicted octanol–water partition coefficient (Wildman–Crippen LogP) is 8.00. The van der Waals surface area contributed by atoms with Crippen molar-refractivity contribution in [1.29, 1.82) is 0 Å². The van der Waals surface area contributed by atoms with Gasteiger partial charge in [0.15, 0.2) is 0 Å². The Balaban J connectivity index is 2.99. The quantitative estimate of drug-likeness (QED) is 0.245. The number of unbranched alkanes of at least 4 members (excludes halogenated alkanes) is 13. The van der Waals surface area contributed by atoms with Crippen molar-refractivity contribution < 1.29 is 0 Å². The molecule has 0 aromatic rings. The topological polar surface area (TPSA) is 0 Å². The van der Waals surface area contributed by atoms with E-state index in [1.807, 2.05) is 0 Å². The van der Waals surface area contributed by atoms with Crippen LogP contribution in [-0.2, 0) is 0 Å². The van der Waals surface area contributed by atoms with Gasteiger partial charge in [0.05, 0.1) is 0 Å². The fourth-order valence-corrected chi connectivity index (χ4v) is 3.90. The van der Waals surface area contributed by atoms with Gasteiger partial charge in [-0.05, 0) is 12.2 Å². The van der Waals surface area contributed by atoms with Gasteiger partial charge in [-0.1, -0.05) is 111 Å². The van der Waals surface area contributed by atoms with Crippen LogP contribution in [0, 0.1) is 0 Å². The maximum atomic E-state index is 2.39. The smallest absolute Gasteiger partial charge is 0.00186 e. The highest BCUT2D eigenvalue weighted by Gasteiger charge is 2.00. The van der Waals surface area contributed by atoms with Gasteiger partial charge in [0.25, 0.3) is 0 Å². The van der Waals surface area contributed by atoms with Crippen molar-refractivity contribution >= 4 is 11.8 Å². The molecule has 0 amide bonds. The molecule has 0 aromatic carbocycles. The van der Waals surface area contributed by atoms with Gasteiger partial charge in [0.2, 0.25) is 0 Å². The molecule has 0 saturated carbocycles. The summed E-state index contributed by atoms with van der Waals surface area (Å²) in [5.74, 6) is 1.28. The number of thioether (sulfide) groups is 1. The Morgan fingerprint density at radius 2 is 0.952 bits per heavy atom. The van der Waals surface area contributed by atoms with Crippen LogP contribution in [0.3, 0.4) is 0 Å². The monoisotopic (exact) mass is 314 g/mol. The SMILES string of the molecule is CCCCCCCCCCCCCCCCC(C)SCC. The lowest BCUT2D eigenvalue weighted by molar-refractivity contribution is 0.532. The van der Waals surface area contributed by atoms with E-state index >= 15 is 0 Å². The molecule has 0 aromatic heterocycles. The van der Waals surface area contributed by atoms with Crippen molar-refractivity contribution in [2.45, 2.75) is 122 Å². The number of hydrogen-bond donors (Lipinski definition) is 0. The molecule has 128 valence electrons. The van der Waals surface area contributed by atoms with Gasteiger partial charge < -0.3 is 0 Å². The van der Waals surface area contributed by atoms with Gasteiger partial charge in [-0.2, -0.15) is 11.8 Å². The minimum absolute atomic E-state index is 0.882. The van der Waals surface area contributed by atoms with Crippen LogP contribution in [0.25, 0.3) is 0 Å². The van der Waals surface area contributed by atoms with Crippen LogP contribution in [0.15, 0.2) is 0 Å². The summed E-state index contributed by atoms with van der Waals surface area (Å²) in [4.78, 5) is 0. The van der Waals surface area contributed by atoms with Crippen molar-refractivity contribution in [3.8, 4) is 0 Å². The lowest BCUT2D eigenvalue weighted by atomic mass is 10.0. The molecule has 0 nitrogen and oxygen atoms in total. The summed E-state index contributed by atoms with van der Waals surface area (Å²) in [6, 6.07) is 0. The minimum atomic E-state index is 0.882. The maximum Gasteiger partial charge on any atom is 0.00186 e. The van der Waals surface area contributed by atoms with Gasteiger partial charge >= 0.3 is 0 Å². The van der Waals surface area contributed by atoms with Crippen LogP contribution in [0.2, 0.25) is 0 Å². The molecule has 1 atom stereocenters. The van der Waals surface area contributed by atoms with Gasteiger partial charge in [-0.3, -0.25) is 0 Å². The van der Waals surface area contributed by atoms with E-state index in [0.717, 1.165) is 5.25 Å². The first-order valence-corrected chi connectivity index (χ1v) is 11.0. The first-order chi connectivity index (χ1) is 10.3. The Hall–Kier alpha value is 0.350. The Kier molecular flexibility index (Phi) is 18.7. The molecular weight excluding hydrogens is 272 g/mol. The Morgan fingerprint density at radius 1 is 0.571 bits per heavy atom. The second kappa shape index (κ2) is 18.4. The first kappa shape index (κ1) is 21.4. The van der Waals surface area contributed by atoms with Crippen LogP contribution in [0.4, 0.5) is 0 Å². The van der Waals surface area contributed by atoms with Crippen molar-refractivity contribution in [3.05, 3.63) is 0 Å². The van der Waals surface area contributed by atoms with Gasteiger partial charge in [-0.15, -0.1) is 0 Å². The molecule has 0 rings (SSSR count). The zero-order chi connectivity index (χ0) is 15.6. The van der Waals surface area contributed by atoms with E-state index in [1.165, 1.54) is 102 Å². The zero-order valence-corrected chi connectivity index (χ0v) is 16.1. The van der Waals surface area contributed by atoms with Crippen molar-refractivity contribution in [1.82, 2.24) is 0 Å². The maximum absolute atomic E-state index is 2.39. The average Bonchev–Trinajstić information content (AvgIpc) is 2.48. The molecule has 0 aliphatic rings. The molecule has 0 aliphatic heterocycles. The van der Waals surface area contributed by atoms with Gasteiger partial charge in [0, 0.05) is 5.25 Å². The van der Waals surface area contributed by atoms with Crippen molar-refractivity contribution in [3.63, 3.8) is 0 Å². The highest BCUT2D eigenvalue weighted by molar-refractivity contribution is 7.99. The summed E-state index contributed by atoms with van der Waals surface area (Å²) in [6.07, 6.45) is 21.9. The average molecular weight is 315 g/mol. The molecule has 0 fully saturated rings. The van der Waals surface area contributed by atoms with Crippen LogP contribution >= 0.6 is 11.8 Å². The van der Waals surface area contributed by atoms with E-state index in [2.05, 4.69) is 32.5 Å². The van der Waals surface area contributed by atoms with Crippen LogP contribution < -0.4 is 0 Å². The molecule has 0 aliphatic carbocycles. The Bertz CT molecular complexity index is 179. The molecular formula is C20H42S. The highest BCUT2D eigenvalue weighted by Crippen LogP contribution is 2.18.